The van der Waals surface area contributed by atoms with Crippen LogP contribution in [0.1, 0.15) is 37.0 Å². The van der Waals surface area contributed by atoms with Crippen molar-refractivity contribution in [1.82, 2.24) is 0 Å². The molecule has 2 nitrogen and oxygen atoms in total. The molecule has 1 heterocycles. The summed E-state index contributed by atoms with van der Waals surface area (Å²) >= 11 is 5.13. The predicted octanol–water partition coefficient (Wildman–Crippen LogP) is 3.87. The Balaban J connectivity index is 2.35. The van der Waals surface area contributed by atoms with Gasteiger partial charge in [-0.3, -0.25) is 4.79 Å². The van der Waals surface area contributed by atoms with Crippen molar-refractivity contribution in [2.75, 3.05) is 0 Å². The molecule has 1 unspecified atom stereocenters. The number of hydrogen-bond acceptors (Lipinski definition) is 2. The molecule has 1 atom stereocenters. The molecule has 0 aromatic carbocycles. The fourth-order valence-corrected chi connectivity index (χ4v) is 2.83. The third-order valence-electron chi connectivity index (χ3n) is 2.10. The van der Waals surface area contributed by atoms with Crippen molar-refractivity contribution in [3.05, 3.63) is 20.8 Å². The molecule has 1 aromatic heterocycles. The second-order valence-electron chi connectivity index (χ2n) is 3.35. The van der Waals surface area contributed by atoms with Crippen molar-refractivity contribution in [3.63, 3.8) is 0 Å². The average molecular weight is 277 g/mol. The van der Waals surface area contributed by atoms with Crippen LogP contribution in [-0.4, -0.2) is 11.1 Å². The van der Waals surface area contributed by atoms with Crippen molar-refractivity contribution in [3.8, 4) is 0 Å². The SMILES string of the molecule is CC(CCCC(=O)O)c1cc(Br)cs1. The van der Waals surface area contributed by atoms with Gasteiger partial charge in [0.05, 0.1) is 0 Å². The summed E-state index contributed by atoms with van der Waals surface area (Å²) in [5.74, 6) is -0.241. The summed E-state index contributed by atoms with van der Waals surface area (Å²) < 4.78 is 1.11. The van der Waals surface area contributed by atoms with Gasteiger partial charge in [0.2, 0.25) is 0 Å². The first-order valence-electron chi connectivity index (χ1n) is 4.55. The summed E-state index contributed by atoms with van der Waals surface area (Å²) in [5.41, 5.74) is 0. The number of carboxylic acid groups (broad SMARTS) is 1. The summed E-state index contributed by atoms with van der Waals surface area (Å²) in [6, 6.07) is 2.11. The fourth-order valence-electron chi connectivity index (χ4n) is 1.29. The van der Waals surface area contributed by atoms with Crippen LogP contribution in [0.25, 0.3) is 0 Å². The Morgan fingerprint density at radius 2 is 2.43 bits per heavy atom. The highest BCUT2D eigenvalue weighted by Gasteiger charge is 2.08. The van der Waals surface area contributed by atoms with Crippen molar-refractivity contribution in [1.29, 1.82) is 0 Å². The van der Waals surface area contributed by atoms with Gasteiger partial charge in [-0.15, -0.1) is 11.3 Å². The van der Waals surface area contributed by atoms with Gasteiger partial charge in [0.15, 0.2) is 0 Å². The van der Waals surface area contributed by atoms with E-state index in [4.69, 9.17) is 5.11 Å². The second kappa shape index (κ2) is 5.51. The highest BCUT2D eigenvalue weighted by molar-refractivity contribution is 9.10. The van der Waals surface area contributed by atoms with Crippen molar-refractivity contribution < 1.29 is 9.90 Å². The summed E-state index contributed by atoms with van der Waals surface area (Å²) in [4.78, 5) is 11.6. The molecule has 1 rings (SSSR count). The Morgan fingerprint density at radius 3 is 2.93 bits per heavy atom. The molecule has 0 saturated heterocycles. The Bertz CT molecular complexity index is 309. The molecular weight excluding hydrogens is 264 g/mol. The van der Waals surface area contributed by atoms with Gasteiger partial charge in [0.1, 0.15) is 0 Å². The molecule has 0 saturated carbocycles. The first-order valence-corrected chi connectivity index (χ1v) is 6.22. The van der Waals surface area contributed by atoms with Crippen LogP contribution in [0.15, 0.2) is 15.9 Å². The topological polar surface area (TPSA) is 37.3 Å². The maximum absolute atomic E-state index is 10.3. The van der Waals surface area contributed by atoms with E-state index < -0.39 is 5.97 Å². The zero-order valence-corrected chi connectivity index (χ0v) is 10.4. The van der Waals surface area contributed by atoms with Gasteiger partial charge in [-0.1, -0.05) is 6.92 Å². The molecule has 0 amide bonds. The summed E-state index contributed by atoms with van der Waals surface area (Å²) in [6.07, 6.45) is 1.97. The van der Waals surface area contributed by atoms with Gasteiger partial charge < -0.3 is 5.11 Å². The standard InChI is InChI=1S/C10H13BrO2S/c1-7(3-2-4-10(12)13)9-5-8(11)6-14-9/h5-7H,2-4H2,1H3,(H,12,13). The molecule has 0 aliphatic rings. The zero-order valence-electron chi connectivity index (χ0n) is 8.00. The first-order chi connectivity index (χ1) is 6.59. The molecule has 0 aliphatic carbocycles. The molecule has 0 radical (unpaired) electrons. The predicted molar refractivity (Wildman–Crippen MR) is 61.9 cm³/mol. The van der Waals surface area contributed by atoms with Gasteiger partial charge in [-0.25, -0.2) is 0 Å². The number of rotatable bonds is 5. The van der Waals surface area contributed by atoms with Crippen LogP contribution < -0.4 is 0 Å². The molecule has 0 aliphatic heterocycles. The highest BCUT2D eigenvalue weighted by Crippen LogP contribution is 2.29. The Morgan fingerprint density at radius 1 is 1.71 bits per heavy atom. The van der Waals surface area contributed by atoms with Crippen LogP contribution in [0, 0.1) is 0 Å². The highest BCUT2D eigenvalue weighted by atomic mass is 79.9. The molecular formula is C10H13BrO2S. The van der Waals surface area contributed by atoms with Crippen LogP contribution in [0.4, 0.5) is 0 Å². The molecule has 1 N–H and O–H groups in total. The maximum atomic E-state index is 10.3. The summed E-state index contributed by atoms with van der Waals surface area (Å²) in [5, 5.41) is 10.6. The van der Waals surface area contributed by atoms with E-state index in [0.29, 0.717) is 5.92 Å². The van der Waals surface area contributed by atoms with E-state index in [1.165, 1.54) is 4.88 Å². The van der Waals surface area contributed by atoms with Crippen LogP contribution in [0.2, 0.25) is 0 Å². The molecule has 0 spiro atoms. The minimum atomic E-state index is -0.704. The molecule has 78 valence electrons. The third kappa shape index (κ3) is 3.80. The van der Waals surface area contributed by atoms with Crippen molar-refractivity contribution in [2.45, 2.75) is 32.1 Å². The fraction of sp³-hybridized carbons (Fsp3) is 0.500. The largest absolute Gasteiger partial charge is 0.481 e. The first kappa shape index (κ1) is 11.7. The summed E-state index contributed by atoms with van der Waals surface area (Å²) in [6.45, 7) is 2.14. The van der Waals surface area contributed by atoms with Gasteiger partial charge >= 0.3 is 5.97 Å². The Labute approximate surface area is 96.1 Å². The third-order valence-corrected chi connectivity index (χ3v) is 4.03. The van der Waals surface area contributed by atoms with Crippen LogP contribution >= 0.6 is 27.3 Å². The monoisotopic (exact) mass is 276 g/mol. The zero-order chi connectivity index (χ0) is 10.6. The molecule has 14 heavy (non-hydrogen) atoms. The lowest BCUT2D eigenvalue weighted by molar-refractivity contribution is -0.137. The lowest BCUT2D eigenvalue weighted by atomic mass is 10.0. The minimum Gasteiger partial charge on any atom is -0.481 e. The number of carbonyl (C=O) groups is 1. The molecule has 1 aromatic rings. The van der Waals surface area contributed by atoms with Crippen LogP contribution in [0.3, 0.4) is 0 Å². The average Bonchev–Trinajstić information content (AvgIpc) is 2.51. The van der Waals surface area contributed by atoms with E-state index in [1.807, 2.05) is 0 Å². The molecule has 4 heteroatoms. The minimum absolute atomic E-state index is 0.275. The lowest BCUT2D eigenvalue weighted by Gasteiger charge is -2.07. The summed E-state index contributed by atoms with van der Waals surface area (Å²) in [7, 11) is 0. The van der Waals surface area contributed by atoms with E-state index >= 15 is 0 Å². The van der Waals surface area contributed by atoms with E-state index in [1.54, 1.807) is 11.3 Å². The molecule has 0 bridgehead atoms. The number of aliphatic carboxylic acids is 1. The van der Waals surface area contributed by atoms with Crippen LogP contribution in [-0.2, 0) is 4.79 Å². The van der Waals surface area contributed by atoms with Crippen molar-refractivity contribution in [2.24, 2.45) is 0 Å². The number of halogens is 1. The van der Waals surface area contributed by atoms with E-state index in [0.717, 1.165) is 17.3 Å². The smallest absolute Gasteiger partial charge is 0.303 e. The van der Waals surface area contributed by atoms with Gasteiger partial charge in [0.25, 0.3) is 0 Å². The van der Waals surface area contributed by atoms with Gasteiger partial charge in [-0.05, 0) is 40.8 Å². The number of carboxylic acids is 1. The lowest BCUT2D eigenvalue weighted by Crippen LogP contribution is -1.96. The Hall–Kier alpha value is -0.350. The second-order valence-corrected chi connectivity index (χ2v) is 5.21. The quantitative estimate of drug-likeness (QED) is 0.887. The Kier molecular flexibility index (Phi) is 4.62. The molecule has 0 fully saturated rings. The number of thiophene rings is 1. The van der Waals surface area contributed by atoms with Crippen LogP contribution in [0.5, 0.6) is 0 Å². The maximum Gasteiger partial charge on any atom is 0.303 e. The van der Waals surface area contributed by atoms with E-state index in [-0.39, 0.29) is 6.42 Å². The van der Waals surface area contributed by atoms with E-state index in [9.17, 15) is 4.79 Å². The normalized spacial score (nSPS) is 12.7. The number of hydrogen-bond donors (Lipinski definition) is 1. The van der Waals surface area contributed by atoms with E-state index in [2.05, 4.69) is 34.3 Å². The van der Waals surface area contributed by atoms with Crippen molar-refractivity contribution >= 4 is 33.2 Å². The van der Waals surface area contributed by atoms with Gasteiger partial charge in [0, 0.05) is 21.2 Å². The van der Waals surface area contributed by atoms with Gasteiger partial charge in [-0.2, -0.15) is 0 Å².